The Hall–Kier alpha value is -2.09. The summed E-state index contributed by atoms with van der Waals surface area (Å²) in [6.07, 6.45) is 3.50. The molecule has 0 amide bonds. The molecule has 0 aromatic heterocycles. The van der Waals surface area contributed by atoms with Crippen LogP contribution >= 0.6 is 0 Å². The monoisotopic (exact) mass is 268 g/mol. The second-order valence-electron chi connectivity index (χ2n) is 4.83. The predicted molar refractivity (Wildman–Crippen MR) is 81.3 cm³/mol. The average Bonchev–Trinajstić information content (AvgIpc) is 2.52. The lowest BCUT2D eigenvalue weighted by atomic mass is 10.1. The largest absolute Gasteiger partial charge is 0.485 e. The number of Topliss-reactive ketones (excluding diaryl/α,β-unsaturated/α-hetero) is 1. The molecule has 104 valence electrons. The van der Waals surface area contributed by atoms with E-state index in [4.69, 9.17) is 4.74 Å². The summed E-state index contributed by atoms with van der Waals surface area (Å²) in [6, 6.07) is 17.2. The second-order valence-corrected chi connectivity index (χ2v) is 4.83. The Morgan fingerprint density at radius 3 is 2.35 bits per heavy atom. The molecular formula is C18H20O2. The molecule has 0 aliphatic carbocycles. The molecule has 0 atom stereocenters. The molecule has 2 rings (SSSR count). The normalized spacial score (nSPS) is 10.2. The van der Waals surface area contributed by atoms with Crippen molar-refractivity contribution >= 4 is 5.78 Å². The van der Waals surface area contributed by atoms with Gasteiger partial charge < -0.3 is 4.74 Å². The summed E-state index contributed by atoms with van der Waals surface area (Å²) < 4.78 is 5.53. The fourth-order valence-corrected chi connectivity index (χ4v) is 1.99. The molecule has 0 aliphatic rings. The third-order valence-electron chi connectivity index (χ3n) is 3.21. The van der Waals surface area contributed by atoms with Crippen LogP contribution in [0.2, 0.25) is 0 Å². The van der Waals surface area contributed by atoms with Gasteiger partial charge in [-0.15, -0.1) is 0 Å². The second kappa shape index (κ2) is 7.49. The Kier molecular flexibility index (Phi) is 5.36. The number of carbonyl (C=O) groups excluding carboxylic acids is 1. The van der Waals surface area contributed by atoms with Gasteiger partial charge in [0.25, 0.3) is 0 Å². The first-order chi connectivity index (χ1) is 9.79. The van der Waals surface area contributed by atoms with Crippen molar-refractivity contribution in [2.45, 2.75) is 26.2 Å². The van der Waals surface area contributed by atoms with E-state index in [-0.39, 0.29) is 12.4 Å². The molecule has 0 aliphatic heterocycles. The van der Waals surface area contributed by atoms with Crippen molar-refractivity contribution in [3.8, 4) is 5.75 Å². The van der Waals surface area contributed by atoms with E-state index in [0.29, 0.717) is 5.56 Å². The molecule has 20 heavy (non-hydrogen) atoms. The number of rotatable bonds is 7. The lowest BCUT2D eigenvalue weighted by Crippen LogP contribution is -2.11. The van der Waals surface area contributed by atoms with Crippen LogP contribution in [0.4, 0.5) is 0 Å². The number of hydrogen-bond donors (Lipinski definition) is 0. The van der Waals surface area contributed by atoms with Gasteiger partial charge in [-0.1, -0.05) is 55.8 Å². The summed E-state index contributed by atoms with van der Waals surface area (Å²) in [6.45, 7) is 2.27. The van der Waals surface area contributed by atoms with Crippen LogP contribution in [0.3, 0.4) is 0 Å². The van der Waals surface area contributed by atoms with E-state index < -0.39 is 0 Å². The molecule has 0 heterocycles. The van der Waals surface area contributed by atoms with E-state index in [1.54, 1.807) is 12.1 Å². The maximum atomic E-state index is 11.9. The van der Waals surface area contributed by atoms with Crippen LogP contribution in [-0.4, -0.2) is 12.4 Å². The van der Waals surface area contributed by atoms with E-state index in [1.165, 1.54) is 18.4 Å². The molecule has 0 N–H and O–H groups in total. The molecule has 2 aromatic rings. The molecule has 2 nitrogen and oxygen atoms in total. The Morgan fingerprint density at radius 2 is 1.70 bits per heavy atom. The van der Waals surface area contributed by atoms with Crippen LogP contribution < -0.4 is 4.74 Å². The highest BCUT2D eigenvalue weighted by atomic mass is 16.5. The molecule has 2 heteroatoms. The topological polar surface area (TPSA) is 26.3 Å². The number of aryl methyl sites for hydroxylation is 1. The molecule has 0 fully saturated rings. The third-order valence-corrected chi connectivity index (χ3v) is 3.21. The van der Waals surface area contributed by atoms with Gasteiger partial charge in [0, 0.05) is 5.56 Å². The summed E-state index contributed by atoms with van der Waals surface area (Å²) in [5.41, 5.74) is 2.00. The quantitative estimate of drug-likeness (QED) is 0.700. The Morgan fingerprint density at radius 1 is 1.00 bits per heavy atom. The summed E-state index contributed by atoms with van der Waals surface area (Å²) in [7, 11) is 0. The van der Waals surface area contributed by atoms with Crippen LogP contribution in [0, 0.1) is 0 Å². The summed E-state index contributed by atoms with van der Waals surface area (Å²) >= 11 is 0. The van der Waals surface area contributed by atoms with E-state index in [0.717, 1.165) is 12.2 Å². The van der Waals surface area contributed by atoms with Gasteiger partial charge >= 0.3 is 0 Å². The minimum atomic E-state index is 0.000611. The predicted octanol–water partition coefficient (Wildman–Crippen LogP) is 4.29. The molecule has 0 unspecified atom stereocenters. The van der Waals surface area contributed by atoms with Gasteiger partial charge in [-0.3, -0.25) is 4.79 Å². The smallest absolute Gasteiger partial charge is 0.200 e. The first-order valence-electron chi connectivity index (χ1n) is 7.09. The fraction of sp³-hybridized carbons (Fsp3) is 0.278. The Labute approximate surface area is 120 Å². The standard InChI is InChI=1S/C18H20O2/c1-2-3-7-15-10-12-17(13-11-15)20-14-18(19)16-8-5-4-6-9-16/h4-6,8-13H,2-3,7,14H2,1H3. The molecular weight excluding hydrogens is 248 g/mol. The number of hydrogen-bond acceptors (Lipinski definition) is 2. The van der Waals surface area contributed by atoms with Crippen molar-refractivity contribution in [3.63, 3.8) is 0 Å². The van der Waals surface area contributed by atoms with Gasteiger partial charge in [-0.25, -0.2) is 0 Å². The first-order valence-corrected chi connectivity index (χ1v) is 7.09. The average molecular weight is 268 g/mol. The maximum Gasteiger partial charge on any atom is 0.200 e. The van der Waals surface area contributed by atoms with Gasteiger partial charge in [-0.2, -0.15) is 0 Å². The van der Waals surface area contributed by atoms with Crippen molar-refractivity contribution in [1.82, 2.24) is 0 Å². The highest BCUT2D eigenvalue weighted by Gasteiger charge is 2.05. The first kappa shape index (κ1) is 14.3. The Bertz CT molecular complexity index is 529. The maximum absolute atomic E-state index is 11.9. The minimum Gasteiger partial charge on any atom is -0.485 e. The van der Waals surface area contributed by atoms with Crippen LogP contribution in [-0.2, 0) is 6.42 Å². The number of unbranched alkanes of at least 4 members (excludes halogenated alkanes) is 1. The summed E-state index contributed by atoms with van der Waals surface area (Å²) in [4.78, 5) is 11.9. The molecule has 2 aromatic carbocycles. The minimum absolute atomic E-state index is 0.000611. The molecule has 0 spiro atoms. The fourth-order valence-electron chi connectivity index (χ4n) is 1.99. The van der Waals surface area contributed by atoms with Gasteiger partial charge in [0.15, 0.2) is 12.4 Å². The van der Waals surface area contributed by atoms with Crippen molar-refractivity contribution in [2.75, 3.05) is 6.61 Å². The van der Waals surface area contributed by atoms with Gasteiger partial charge in [0.05, 0.1) is 0 Å². The zero-order valence-corrected chi connectivity index (χ0v) is 11.8. The van der Waals surface area contributed by atoms with Crippen molar-refractivity contribution in [3.05, 3.63) is 65.7 Å². The van der Waals surface area contributed by atoms with E-state index >= 15 is 0 Å². The van der Waals surface area contributed by atoms with E-state index in [1.807, 2.05) is 30.3 Å². The van der Waals surface area contributed by atoms with Gasteiger partial charge in [0.2, 0.25) is 0 Å². The van der Waals surface area contributed by atoms with E-state index in [9.17, 15) is 4.79 Å². The lowest BCUT2D eigenvalue weighted by Gasteiger charge is -2.06. The highest BCUT2D eigenvalue weighted by Crippen LogP contribution is 2.14. The molecule has 0 bridgehead atoms. The van der Waals surface area contributed by atoms with Crippen molar-refractivity contribution < 1.29 is 9.53 Å². The highest BCUT2D eigenvalue weighted by molar-refractivity contribution is 5.97. The Balaban J connectivity index is 1.86. The SMILES string of the molecule is CCCCc1ccc(OCC(=O)c2ccccc2)cc1. The van der Waals surface area contributed by atoms with Crippen LogP contribution in [0.15, 0.2) is 54.6 Å². The van der Waals surface area contributed by atoms with Crippen LogP contribution in [0.5, 0.6) is 5.75 Å². The molecule has 0 saturated carbocycles. The molecule has 0 radical (unpaired) electrons. The van der Waals surface area contributed by atoms with Crippen molar-refractivity contribution in [1.29, 1.82) is 0 Å². The van der Waals surface area contributed by atoms with Gasteiger partial charge in [0.1, 0.15) is 5.75 Å². The zero-order valence-electron chi connectivity index (χ0n) is 11.8. The van der Waals surface area contributed by atoms with Gasteiger partial charge in [-0.05, 0) is 30.5 Å². The van der Waals surface area contributed by atoms with Crippen LogP contribution in [0.1, 0.15) is 35.7 Å². The summed E-state index contributed by atoms with van der Waals surface area (Å²) in [5.74, 6) is 0.746. The zero-order chi connectivity index (χ0) is 14.2. The van der Waals surface area contributed by atoms with Crippen molar-refractivity contribution in [2.24, 2.45) is 0 Å². The lowest BCUT2D eigenvalue weighted by molar-refractivity contribution is 0.0921. The van der Waals surface area contributed by atoms with Crippen LogP contribution in [0.25, 0.3) is 0 Å². The summed E-state index contributed by atoms with van der Waals surface area (Å²) in [5, 5.41) is 0. The number of benzene rings is 2. The number of ketones is 1. The number of ether oxygens (including phenoxy) is 1. The molecule has 0 saturated heterocycles. The number of carbonyl (C=O) groups is 1. The third kappa shape index (κ3) is 4.23. The van der Waals surface area contributed by atoms with E-state index in [2.05, 4.69) is 19.1 Å².